The Morgan fingerprint density at radius 1 is 0.977 bits per heavy atom. The molecule has 2 aromatic heterocycles. The summed E-state index contributed by atoms with van der Waals surface area (Å²) in [5.74, 6) is 2.79. The Kier molecular flexibility index (Phi) is 8.70. The minimum atomic E-state index is -0.425. The molecule has 0 saturated carbocycles. The second kappa shape index (κ2) is 13.1. The summed E-state index contributed by atoms with van der Waals surface area (Å²) in [5.41, 5.74) is 4.18. The first-order valence-corrected chi connectivity index (χ1v) is 14.9. The van der Waals surface area contributed by atoms with Gasteiger partial charge in [-0.15, -0.1) is 10.2 Å². The van der Waals surface area contributed by atoms with Crippen molar-refractivity contribution in [1.82, 2.24) is 30.4 Å². The highest BCUT2D eigenvalue weighted by molar-refractivity contribution is 5.83. The number of para-hydroxylation sites is 1. The summed E-state index contributed by atoms with van der Waals surface area (Å²) in [6, 6.07) is 23.9. The van der Waals surface area contributed by atoms with E-state index < -0.39 is 6.04 Å². The number of nitrogens with zero attached hydrogens (tertiary/aromatic N) is 3. The fourth-order valence-electron chi connectivity index (χ4n) is 5.95. The number of fused-ring (bicyclic) bond motifs is 1. The number of H-pyrrole nitrogens is 1. The van der Waals surface area contributed by atoms with Crippen LogP contribution in [-0.2, 0) is 24.1 Å². The average molecular weight is 579 g/mol. The van der Waals surface area contributed by atoms with Crippen molar-refractivity contribution >= 4 is 16.8 Å². The van der Waals surface area contributed by atoms with Crippen LogP contribution in [0.15, 0.2) is 79.0 Å². The summed E-state index contributed by atoms with van der Waals surface area (Å²) in [4.78, 5) is 17.1. The van der Waals surface area contributed by atoms with Crippen LogP contribution in [0.25, 0.3) is 16.6 Å². The van der Waals surface area contributed by atoms with Gasteiger partial charge >= 0.3 is 0 Å². The van der Waals surface area contributed by atoms with Crippen molar-refractivity contribution < 1.29 is 14.3 Å². The number of ether oxygens (including phenoxy) is 2. The summed E-state index contributed by atoms with van der Waals surface area (Å²) in [7, 11) is 3.28. The highest BCUT2D eigenvalue weighted by Gasteiger charge is 2.30. The quantitative estimate of drug-likeness (QED) is 0.205. The third-order valence-corrected chi connectivity index (χ3v) is 8.30. The van der Waals surface area contributed by atoms with Gasteiger partial charge in [-0.05, 0) is 61.7 Å². The maximum atomic E-state index is 13.7. The molecule has 3 heterocycles. The molecule has 1 aliphatic heterocycles. The molecule has 222 valence electrons. The van der Waals surface area contributed by atoms with Crippen molar-refractivity contribution in [3.63, 3.8) is 0 Å². The minimum Gasteiger partial charge on any atom is -0.497 e. The van der Waals surface area contributed by atoms with Crippen LogP contribution >= 0.6 is 0 Å². The van der Waals surface area contributed by atoms with Crippen LogP contribution in [0.1, 0.15) is 41.7 Å². The lowest BCUT2D eigenvalue weighted by Gasteiger charge is -2.26. The van der Waals surface area contributed by atoms with Gasteiger partial charge in [-0.2, -0.15) is 0 Å². The highest BCUT2D eigenvalue weighted by atomic mass is 16.5. The van der Waals surface area contributed by atoms with Crippen LogP contribution in [0.5, 0.6) is 11.5 Å². The van der Waals surface area contributed by atoms with Crippen molar-refractivity contribution in [2.75, 3.05) is 27.3 Å². The van der Waals surface area contributed by atoms with Crippen LogP contribution in [-0.4, -0.2) is 53.0 Å². The highest BCUT2D eigenvalue weighted by Crippen LogP contribution is 2.33. The molecular weight excluding hydrogens is 540 g/mol. The third-order valence-electron chi connectivity index (χ3n) is 8.30. The zero-order valence-corrected chi connectivity index (χ0v) is 24.7. The molecule has 5 aromatic rings. The normalized spacial score (nSPS) is 14.5. The fourth-order valence-corrected chi connectivity index (χ4v) is 5.95. The van der Waals surface area contributed by atoms with Gasteiger partial charge in [0, 0.05) is 41.9 Å². The lowest BCUT2D eigenvalue weighted by molar-refractivity contribution is -0.126. The monoisotopic (exact) mass is 578 g/mol. The lowest BCUT2D eigenvalue weighted by Crippen LogP contribution is -2.40. The summed E-state index contributed by atoms with van der Waals surface area (Å²) in [6.45, 7) is 1.68. The first-order chi connectivity index (χ1) is 21.1. The van der Waals surface area contributed by atoms with Gasteiger partial charge in [-0.25, -0.2) is 0 Å². The second-order valence-corrected chi connectivity index (χ2v) is 11.0. The molecule has 0 aliphatic carbocycles. The van der Waals surface area contributed by atoms with E-state index in [4.69, 9.17) is 19.7 Å². The Morgan fingerprint density at radius 3 is 2.56 bits per heavy atom. The first-order valence-electron chi connectivity index (χ1n) is 14.9. The number of aromatic amines is 1. The average Bonchev–Trinajstić information content (AvgIpc) is 3.68. The van der Waals surface area contributed by atoms with Gasteiger partial charge in [0.25, 0.3) is 0 Å². The van der Waals surface area contributed by atoms with Gasteiger partial charge in [-0.1, -0.05) is 48.5 Å². The Hall–Kier alpha value is -4.63. The van der Waals surface area contributed by atoms with Crippen LogP contribution in [0.2, 0.25) is 0 Å². The number of carbonyl (C=O) groups is 1. The number of amides is 1. The molecule has 0 spiro atoms. The Balaban J connectivity index is 1.43. The van der Waals surface area contributed by atoms with Gasteiger partial charge in [0.15, 0.2) is 5.82 Å². The van der Waals surface area contributed by atoms with Crippen LogP contribution in [0, 0.1) is 5.92 Å². The molecule has 3 N–H and O–H groups in total. The van der Waals surface area contributed by atoms with E-state index in [9.17, 15) is 4.79 Å². The molecule has 3 aromatic carbocycles. The van der Waals surface area contributed by atoms with E-state index >= 15 is 0 Å². The van der Waals surface area contributed by atoms with Gasteiger partial charge in [0.05, 0.1) is 25.9 Å². The van der Waals surface area contributed by atoms with Crippen molar-refractivity contribution in [2.24, 2.45) is 5.92 Å². The number of nitrogens with one attached hydrogen (secondary N) is 3. The zero-order valence-electron chi connectivity index (χ0n) is 24.7. The Morgan fingerprint density at radius 2 is 1.77 bits per heavy atom. The Labute approximate surface area is 251 Å². The van der Waals surface area contributed by atoms with Crippen LogP contribution in [0.3, 0.4) is 0 Å². The number of aromatic nitrogens is 4. The van der Waals surface area contributed by atoms with E-state index in [1.165, 1.54) is 5.56 Å². The molecule has 1 saturated heterocycles. The zero-order chi connectivity index (χ0) is 29.6. The molecule has 6 rings (SSSR count). The lowest BCUT2D eigenvalue weighted by atomic mass is 9.96. The number of rotatable bonds is 11. The number of hydrogen-bond acceptors (Lipinski definition) is 6. The molecule has 1 fully saturated rings. The van der Waals surface area contributed by atoms with Crippen LogP contribution < -0.4 is 20.1 Å². The van der Waals surface area contributed by atoms with Crippen molar-refractivity contribution in [2.45, 2.75) is 38.1 Å². The summed E-state index contributed by atoms with van der Waals surface area (Å²) in [5, 5.41) is 17.4. The molecule has 0 bridgehead atoms. The smallest absolute Gasteiger partial charge is 0.223 e. The van der Waals surface area contributed by atoms with E-state index in [1.54, 1.807) is 14.2 Å². The van der Waals surface area contributed by atoms with E-state index in [2.05, 4.69) is 44.5 Å². The second-order valence-electron chi connectivity index (χ2n) is 11.0. The molecule has 1 amide bonds. The van der Waals surface area contributed by atoms with Crippen molar-refractivity contribution in [3.05, 3.63) is 102 Å². The predicted molar refractivity (Wildman–Crippen MR) is 167 cm³/mol. The topological polar surface area (TPSA) is 106 Å². The molecule has 0 radical (unpaired) electrons. The van der Waals surface area contributed by atoms with Gasteiger partial charge in [0.1, 0.15) is 17.3 Å². The molecule has 1 unspecified atom stereocenters. The predicted octanol–water partition coefficient (Wildman–Crippen LogP) is 4.95. The maximum Gasteiger partial charge on any atom is 0.223 e. The van der Waals surface area contributed by atoms with Gasteiger partial charge in [-0.3, -0.25) is 9.36 Å². The molecule has 1 atom stereocenters. The SMILES string of the molecule is COc1ccc(-n2c(CCc3ccccc3)nnc2C(Cc2c[nH]c3ccccc23)NC(=O)C2CCNCC2)c(OC)c1. The third kappa shape index (κ3) is 6.27. The Bertz CT molecular complexity index is 1670. The molecule has 43 heavy (non-hydrogen) atoms. The molecule has 1 aliphatic rings. The van der Waals surface area contributed by atoms with Crippen molar-refractivity contribution in [1.29, 1.82) is 0 Å². The number of carbonyl (C=O) groups excluding carboxylic acids is 1. The summed E-state index contributed by atoms with van der Waals surface area (Å²) < 4.78 is 13.4. The summed E-state index contributed by atoms with van der Waals surface area (Å²) >= 11 is 0. The van der Waals surface area contributed by atoms with Crippen molar-refractivity contribution in [3.8, 4) is 17.2 Å². The van der Waals surface area contributed by atoms with E-state index in [-0.39, 0.29) is 11.8 Å². The summed E-state index contributed by atoms with van der Waals surface area (Å²) in [6.07, 6.45) is 5.66. The number of benzene rings is 3. The number of hydrogen-bond donors (Lipinski definition) is 3. The number of piperidine rings is 1. The van der Waals surface area contributed by atoms with E-state index in [1.807, 2.05) is 54.7 Å². The van der Waals surface area contributed by atoms with E-state index in [0.717, 1.165) is 60.3 Å². The van der Waals surface area contributed by atoms with Gasteiger partial charge < -0.3 is 25.1 Å². The maximum absolute atomic E-state index is 13.7. The molecular formula is C34H38N6O3. The van der Waals surface area contributed by atoms with Crippen LogP contribution in [0.4, 0.5) is 0 Å². The minimum absolute atomic E-state index is 0.0452. The standard InChI is InChI=1S/C34H38N6O3/c1-42-26-13-14-30(31(21-26)43-2)40-32(15-12-23-8-4-3-5-9-23)38-39-33(40)29(37-34(41)24-16-18-35-19-17-24)20-25-22-36-28-11-7-6-10-27(25)28/h3-11,13-14,21-22,24,29,35-36H,12,15-20H2,1-2H3,(H,37,41). The van der Waals surface area contributed by atoms with Gasteiger partial charge in [0.2, 0.25) is 5.91 Å². The molecule has 9 heteroatoms. The van der Waals surface area contributed by atoms with E-state index in [0.29, 0.717) is 30.2 Å². The largest absolute Gasteiger partial charge is 0.497 e. The number of aryl methyl sites for hydroxylation is 2. The fraction of sp³-hybridized carbons (Fsp3) is 0.324. The first kappa shape index (κ1) is 28.5. The number of methoxy groups -OCH3 is 2. The molecule has 9 nitrogen and oxygen atoms in total.